The van der Waals surface area contributed by atoms with Crippen LogP contribution in [0.15, 0.2) is 115 Å². The molecule has 0 atom stereocenters. The minimum absolute atomic E-state index is 0.150. The number of nitrogens with one attached hydrogen (secondary N) is 2. The highest BCUT2D eigenvalue weighted by Crippen LogP contribution is 2.55. The van der Waals surface area contributed by atoms with Crippen LogP contribution in [-0.2, 0) is 11.0 Å². The molecule has 0 fully saturated rings. The Kier molecular flexibility index (Phi) is 6.99. The zero-order valence-corrected chi connectivity index (χ0v) is 19.1. The average molecular weight is 479 g/mol. The Morgan fingerprint density at radius 1 is 0.676 bits per heavy atom. The van der Waals surface area contributed by atoms with E-state index in [0.29, 0.717) is 0 Å². The highest BCUT2D eigenvalue weighted by Gasteiger charge is 2.47. The fourth-order valence-electron chi connectivity index (χ4n) is 3.94. The number of anilines is 1. The standard InChI is InChI=1S/C27H22F3N2OP/c28-27(29,30)21-11-10-12-22(19-21)31-32-26(33)20-34(23-13-4-1-5-14-23,24-15-6-2-7-16-24)25-17-8-3-9-18-25/h1-19,31H,20H2/p+1. The Morgan fingerprint density at radius 2 is 1.15 bits per heavy atom. The first-order chi connectivity index (χ1) is 16.4. The predicted molar refractivity (Wildman–Crippen MR) is 133 cm³/mol. The number of amides is 1. The van der Waals surface area contributed by atoms with Crippen LogP contribution in [0.2, 0.25) is 0 Å². The number of hydrogen-bond donors (Lipinski definition) is 2. The first kappa shape index (κ1) is 23.5. The number of benzene rings is 4. The SMILES string of the molecule is O=C(C[P+](c1ccccc1)(c1ccccc1)c1ccccc1)NNc1cccc(C(F)(F)F)c1. The van der Waals surface area contributed by atoms with Crippen LogP contribution in [-0.4, -0.2) is 12.1 Å². The second-order valence-corrected chi connectivity index (χ2v) is 11.2. The largest absolute Gasteiger partial charge is 0.416 e. The van der Waals surface area contributed by atoms with Crippen molar-refractivity contribution in [1.29, 1.82) is 0 Å². The maximum absolute atomic E-state index is 13.3. The van der Waals surface area contributed by atoms with Gasteiger partial charge in [-0.2, -0.15) is 13.2 Å². The molecule has 4 aromatic carbocycles. The summed E-state index contributed by atoms with van der Waals surface area (Å²) in [5, 5.41) is 3.13. The van der Waals surface area contributed by atoms with E-state index in [1.807, 2.05) is 91.0 Å². The Balaban J connectivity index is 1.69. The van der Waals surface area contributed by atoms with Crippen LogP contribution in [0, 0.1) is 0 Å². The van der Waals surface area contributed by atoms with Crippen molar-refractivity contribution >= 4 is 34.8 Å². The highest BCUT2D eigenvalue weighted by atomic mass is 31.2. The van der Waals surface area contributed by atoms with Crippen LogP contribution in [0.1, 0.15) is 5.56 Å². The van der Waals surface area contributed by atoms with Crippen LogP contribution in [0.5, 0.6) is 0 Å². The van der Waals surface area contributed by atoms with Gasteiger partial charge in [-0.3, -0.25) is 15.6 Å². The van der Waals surface area contributed by atoms with E-state index >= 15 is 0 Å². The second-order valence-electron chi connectivity index (χ2n) is 7.73. The van der Waals surface area contributed by atoms with Crippen LogP contribution < -0.4 is 26.8 Å². The van der Waals surface area contributed by atoms with Gasteiger partial charge in [0.2, 0.25) is 0 Å². The van der Waals surface area contributed by atoms with Gasteiger partial charge in [0.25, 0.3) is 5.91 Å². The Labute approximate surface area is 197 Å². The molecule has 0 heterocycles. The summed E-state index contributed by atoms with van der Waals surface area (Å²) in [5.74, 6) is -0.317. The zero-order chi connectivity index (χ0) is 24.0. The number of carbonyl (C=O) groups excluding carboxylic acids is 1. The molecular weight excluding hydrogens is 456 g/mol. The molecule has 0 spiro atoms. The number of carbonyl (C=O) groups is 1. The zero-order valence-electron chi connectivity index (χ0n) is 18.2. The van der Waals surface area contributed by atoms with Crippen molar-refractivity contribution in [1.82, 2.24) is 5.43 Å². The van der Waals surface area contributed by atoms with Gasteiger partial charge in [0.05, 0.1) is 11.3 Å². The lowest BCUT2D eigenvalue weighted by Gasteiger charge is -2.27. The number of hydrogen-bond acceptors (Lipinski definition) is 2. The number of halogens is 3. The van der Waals surface area contributed by atoms with Crippen LogP contribution in [0.3, 0.4) is 0 Å². The van der Waals surface area contributed by atoms with Crippen molar-refractivity contribution in [2.45, 2.75) is 6.18 Å². The molecule has 0 aliphatic rings. The van der Waals surface area contributed by atoms with E-state index in [1.54, 1.807) is 0 Å². The third-order valence-electron chi connectivity index (χ3n) is 5.51. The van der Waals surface area contributed by atoms with Gasteiger partial charge < -0.3 is 0 Å². The summed E-state index contributed by atoms with van der Waals surface area (Å²) in [6.45, 7) is 0. The van der Waals surface area contributed by atoms with Crippen molar-refractivity contribution in [2.75, 3.05) is 11.6 Å². The molecular formula is C27H23F3N2OP+. The van der Waals surface area contributed by atoms with Gasteiger partial charge >= 0.3 is 6.18 Å². The van der Waals surface area contributed by atoms with Crippen molar-refractivity contribution in [2.24, 2.45) is 0 Å². The predicted octanol–water partition coefficient (Wildman–Crippen LogP) is 5.14. The first-order valence-electron chi connectivity index (χ1n) is 10.7. The summed E-state index contributed by atoms with van der Waals surface area (Å²) in [4.78, 5) is 13.3. The van der Waals surface area contributed by atoms with Gasteiger partial charge in [-0.1, -0.05) is 60.7 Å². The fraction of sp³-hybridized carbons (Fsp3) is 0.0741. The van der Waals surface area contributed by atoms with Crippen LogP contribution in [0.25, 0.3) is 0 Å². The summed E-state index contributed by atoms with van der Waals surface area (Å²) in [6.07, 6.45) is -4.31. The minimum atomic E-state index is -4.46. The molecule has 34 heavy (non-hydrogen) atoms. The third-order valence-corrected chi connectivity index (χ3v) is 9.81. The van der Waals surface area contributed by atoms with E-state index in [0.717, 1.165) is 28.0 Å². The van der Waals surface area contributed by atoms with Gasteiger partial charge in [-0.15, -0.1) is 0 Å². The van der Waals surface area contributed by atoms with Gasteiger partial charge in [0.1, 0.15) is 23.2 Å². The molecule has 3 nitrogen and oxygen atoms in total. The van der Waals surface area contributed by atoms with Crippen molar-refractivity contribution in [3.63, 3.8) is 0 Å². The molecule has 172 valence electrons. The quantitative estimate of drug-likeness (QED) is 0.285. The van der Waals surface area contributed by atoms with Gasteiger partial charge in [0, 0.05) is 0 Å². The van der Waals surface area contributed by atoms with Gasteiger partial charge in [-0.25, -0.2) is 0 Å². The Bertz CT molecular complexity index is 1140. The maximum atomic E-state index is 13.3. The van der Waals surface area contributed by atoms with E-state index < -0.39 is 19.0 Å². The third kappa shape index (κ3) is 5.13. The first-order valence-corrected chi connectivity index (χ1v) is 12.6. The molecule has 2 N–H and O–H groups in total. The molecule has 1 amide bonds. The summed E-state index contributed by atoms with van der Waals surface area (Å²) in [5.41, 5.74) is 4.64. The van der Waals surface area contributed by atoms with Crippen molar-refractivity contribution in [3.05, 3.63) is 121 Å². The summed E-state index contributed by atoms with van der Waals surface area (Å²) in [6, 6.07) is 34.4. The molecule has 0 aliphatic heterocycles. The van der Waals surface area contributed by atoms with Gasteiger partial charge in [-0.05, 0) is 54.6 Å². The molecule has 0 radical (unpaired) electrons. The average Bonchev–Trinajstić information content (AvgIpc) is 2.87. The lowest BCUT2D eigenvalue weighted by Crippen LogP contribution is -2.41. The summed E-state index contributed by atoms with van der Waals surface area (Å²) in [7, 11) is -2.40. The van der Waals surface area contributed by atoms with E-state index in [9.17, 15) is 18.0 Å². The molecule has 7 heteroatoms. The van der Waals surface area contributed by atoms with E-state index in [-0.39, 0.29) is 17.8 Å². The molecule has 4 rings (SSSR count). The second kappa shape index (κ2) is 10.1. The lowest BCUT2D eigenvalue weighted by molar-refractivity contribution is -0.137. The molecule has 0 saturated carbocycles. The summed E-state index contributed by atoms with van der Waals surface area (Å²) >= 11 is 0. The van der Waals surface area contributed by atoms with E-state index in [4.69, 9.17) is 0 Å². The van der Waals surface area contributed by atoms with Crippen LogP contribution in [0.4, 0.5) is 18.9 Å². The number of rotatable bonds is 7. The van der Waals surface area contributed by atoms with Gasteiger partial charge in [0.15, 0.2) is 6.16 Å². The topological polar surface area (TPSA) is 41.1 Å². The van der Waals surface area contributed by atoms with Crippen LogP contribution >= 0.6 is 7.26 Å². The number of alkyl halides is 3. The van der Waals surface area contributed by atoms with E-state index in [2.05, 4.69) is 10.9 Å². The van der Waals surface area contributed by atoms with Crippen molar-refractivity contribution < 1.29 is 18.0 Å². The normalized spacial score (nSPS) is 11.6. The smallest absolute Gasteiger partial charge is 0.298 e. The minimum Gasteiger partial charge on any atom is -0.298 e. The van der Waals surface area contributed by atoms with Crippen molar-refractivity contribution in [3.8, 4) is 0 Å². The maximum Gasteiger partial charge on any atom is 0.416 e. The molecule has 0 aromatic heterocycles. The molecule has 0 aliphatic carbocycles. The summed E-state index contributed by atoms with van der Waals surface area (Å²) < 4.78 is 39.1. The molecule has 0 bridgehead atoms. The van der Waals surface area contributed by atoms with E-state index in [1.165, 1.54) is 12.1 Å². The fourth-order valence-corrected chi connectivity index (χ4v) is 7.93. The Morgan fingerprint density at radius 3 is 1.59 bits per heavy atom. The lowest BCUT2D eigenvalue weighted by atomic mass is 10.2. The Hall–Kier alpha value is -3.63. The number of hydrazine groups is 1. The molecule has 4 aromatic rings. The highest BCUT2D eigenvalue weighted by molar-refractivity contribution is 7.96. The monoisotopic (exact) mass is 479 g/mol. The molecule has 0 unspecified atom stereocenters. The molecule has 0 saturated heterocycles.